The van der Waals surface area contributed by atoms with Crippen LogP contribution in [-0.4, -0.2) is 25.8 Å². The Labute approximate surface area is 129 Å². The number of carbonyl (C=O) groups is 1. The van der Waals surface area contributed by atoms with Crippen LogP contribution in [0.15, 0.2) is 47.1 Å². The molecule has 22 heavy (non-hydrogen) atoms. The number of furan rings is 1. The molecule has 1 heterocycles. The minimum Gasteiger partial charge on any atom is -0.494 e. The van der Waals surface area contributed by atoms with E-state index in [0.29, 0.717) is 37.8 Å². The molecular formula is C16H20N2O4. The molecule has 1 aromatic carbocycles. The third-order valence-electron chi connectivity index (χ3n) is 2.78. The predicted molar refractivity (Wildman–Crippen MR) is 82.1 cm³/mol. The smallest absolute Gasteiger partial charge is 0.315 e. The quantitative estimate of drug-likeness (QED) is 0.735. The largest absolute Gasteiger partial charge is 0.494 e. The van der Waals surface area contributed by atoms with Gasteiger partial charge in [0.1, 0.15) is 23.9 Å². The molecule has 0 aliphatic heterocycles. The highest BCUT2D eigenvalue weighted by molar-refractivity contribution is 5.73. The summed E-state index contributed by atoms with van der Waals surface area (Å²) >= 11 is 0. The highest BCUT2D eigenvalue weighted by atomic mass is 16.5. The Bertz CT molecular complexity index is 569. The molecule has 0 aliphatic carbocycles. The number of rotatable bonds is 8. The number of amides is 2. The third kappa shape index (κ3) is 5.40. The van der Waals surface area contributed by atoms with Crippen molar-refractivity contribution in [1.29, 1.82) is 0 Å². The lowest BCUT2D eigenvalue weighted by molar-refractivity contribution is 0.235. The van der Waals surface area contributed by atoms with E-state index in [4.69, 9.17) is 13.9 Å². The fourth-order valence-corrected chi connectivity index (χ4v) is 1.80. The summed E-state index contributed by atoms with van der Waals surface area (Å²) in [5.74, 6) is 2.19. The number of ether oxygens (including phenoxy) is 2. The molecule has 6 nitrogen and oxygen atoms in total. The second-order valence-corrected chi connectivity index (χ2v) is 4.45. The van der Waals surface area contributed by atoms with Crippen molar-refractivity contribution >= 4 is 6.03 Å². The minimum absolute atomic E-state index is 0.261. The number of carbonyl (C=O) groups excluding carboxylic acids is 1. The molecule has 0 fully saturated rings. The molecule has 2 amide bonds. The first kappa shape index (κ1) is 15.8. The molecular weight excluding hydrogens is 284 g/mol. The topological polar surface area (TPSA) is 72.7 Å². The van der Waals surface area contributed by atoms with E-state index in [0.717, 1.165) is 5.75 Å². The SMILES string of the molecule is CCOc1cccc(OCCNC(=O)NCc2ccco2)c1. The highest BCUT2D eigenvalue weighted by Crippen LogP contribution is 2.18. The van der Waals surface area contributed by atoms with Crippen LogP contribution in [0.2, 0.25) is 0 Å². The Balaban J connectivity index is 1.62. The average molecular weight is 304 g/mol. The van der Waals surface area contributed by atoms with Gasteiger partial charge in [-0.05, 0) is 31.2 Å². The Kier molecular flexibility index (Phi) is 6.17. The number of hydrogen-bond donors (Lipinski definition) is 2. The van der Waals surface area contributed by atoms with Crippen LogP contribution in [-0.2, 0) is 6.54 Å². The van der Waals surface area contributed by atoms with Crippen molar-refractivity contribution < 1.29 is 18.7 Å². The van der Waals surface area contributed by atoms with E-state index < -0.39 is 0 Å². The molecule has 118 valence electrons. The summed E-state index contributed by atoms with van der Waals surface area (Å²) in [7, 11) is 0. The van der Waals surface area contributed by atoms with E-state index in [1.54, 1.807) is 18.4 Å². The van der Waals surface area contributed by atoms with Gasteiger partial charge in [0.15, 0.2) is 0 Å². The molecule has 1 aromatic heterocycles. The van der Waals surface area contributed by atoms with E-state index in [1.807, 2.05) is 31.2 Å². The van der Waals surface area contributed by atoms with Crippen molar-refractivity contribution in [2.45, 2.75) is 13.5 Å². The maximum absolute atomic E-state index is 11.5. The van der Waals surface area contributed by atoms with Crippen LogP contribution < -0.4 is 20.1 Å². The van der Waals surface area contributed by atoms with Gasteiger partial charge in [-0.15, -0.1) is 0 Å². The summed E-state index contributed by atoms with van der Waals surface area (Å²) in [5, 5.41) is 5.40. The van der Waals surface area contributed by atoms with Gasteiger partial charge in [0.2, 0.25) is 0 Å². The van der Waals surface area contributed by atoms with Crippen molar-refractivity contribution in [1.82, 2.24) is 10.6 Å². The molecule has 6 heteroatoms. The standard InChI is InChI=1S/C16H20N2O4/c1-2-20-13-5-3-6-14(11-13)22-10-8-17-16(19)18-12-15-7-4-9-21-15/h3-7,9,11H,2,8,10,12H2,1H3,(H2,17,18,19). The minimum atomic E-state index is -0.261. The Morgan fingerprint density at radius 1 is 1.14 bits per heavy atom. The maximum Gasteiger partial charge on any atom is 0.315 e. The molecule has 0 spiro atoms. The average Bonchev–Trinajstić information content (AvgIpc) is 3.04. The highest BCUT2D eigenvalue weighted by Gasteiger charge is 2.02. The fourth-order valence-electron chi connectivity index (χ4n) is 1.80. The molecule has 0 saturated carbocycles. The van der Waals surface area contributed by atoms with Crippen LogP contribution in [0.25, 0.3) is 0 Å². The second-order valence-electron chi connectivity index (χ2n) is 4.45. The lowest BCUT2D eigenvalue weighted by Crippen LogP contribution is -2.37. The fraction of sp³-hybridized carbons (Fsp3) is 0.312. The van der Waals surface area contributed by atoms with Gasteiger partial charge in [-0.1, -0.05) is 6.07 Å². The normalized spacial score (nSPS) is 10.0. The molecule has 0 atom stereocenters. The number of benzene rings is 1. The molecule has 0 saturated heterocycles. The molecule has 0 unspecified atom stereocenters. The van der Waals surface area contributed by atoms with Crippen molar-refractivity contribution in [3.8, 4) is 11.5 Å². The van der Waals surface area contributed by atoms with Gasteiger partial charge in [0.05, 0.1) is 26.0 Å². The van der Waals surface area contributed by atoms with Crippen molar-refractivity contribution in [3.05, 3.63) is 48.4 Å². The molecule has 2 N–H and O–H groups in total. The molecule has 0 aliphatic rings. The Hall–Kier alpha value is -2.63. The van der Waals surface area contributed by atoms with E-state index in [1.165, 1.54) is 0 Å². The van der Waals surface area contributed by atoms with Gasteiger partial charge < -0.3 is 24.5 Å². The zero-order chi connectivity index (χ0) is 15.6. The lowest BCUT2D eigenvalue weighted by Gasteiger charge is -2.09. The van der Waals surface area contributed by atoms with Crippen LogP contribution in [0.1, 0.15) is 12.7 Å². The summed E-state index contributed by atoms with van der Waals surface area (Å²) in [6.07, 6.45) is 1.57. The molecule has 0 bridgehead atoms. The zero-order valence-electron chi connectivity index (χ0n) is 12.5. The number of urea groups is 1. The number of nitrogens with one attached hydrogen (secondary N) is 2. The summed E-state index contributed by atoms with van der Waals surface area (Å²) in [6.45, 7) is 3.68. The van der Waals surface area contributed by atoms with Crippen LogP contribution in [0, 0.1) is 0 Å². The van der Waals surface area contributed by atoms with Crippen LogP contribution >= 0.6 is 0 Å². The number of hydrogen-bond acceptors (Lipinski definition) is 4. The Morgan fingerprint density at radius 2 is 1.95 bits per heavy atom. The van der Waals surface area contributed by atoms with E-state index in [-0.39, 0.29) is 6.03 Å². The maximum atomic E-state index is 11.5. The van der Waals surface area contributed by atoms with Crippen molar-refractivity contribution in [3.63, 3.8) is 0 Å². The lowest BCUT2D eigenvalue weighted by atomic mass is 10.3. The van der Waals surface area contributed by atoms with Crippen molar-refractivity contribution in [2.75, 3.05) is 19.8 Å². The van der Waals surface area contributed by atoms with E-state index >= 15 is 0 Å². The summed E-state index contributed by atoms with van der Waals surface area (Å²) in [6, 6.07) is 10.7. The summed E-state index contributed by atoms with van der Waals surface area (Å²) in [4.78, 5) is 11.5. The molecule has 0 radical (unpaired) electrons. The van der Waals surface area contributed by atoms with Gasteiger partial charge in [-0.25, -0.2) is 4.79 Å². The summed E-state index contributed by atoms with van der Waals surface area (Å²) < 4.78 is 16.1. The van der Waals surface area contributed by atoms with Gasteiger partial charge >= 0.3 is 6.03 Å². The van der Waals surface area contributed by atoms with Crippen molar-refractivity contribution in [2.24, 2.45) is 0 Å². The van der Waals surface area contributed by atoms with E-state index in [9.17, 15) is 4.79 Å². The van der Waals surface area contributed by atoms with Gasteiger partial charge in [-0.2, -0.15) is 0 Å². The first-order valence-electron chi connectivity index (χ1n) is 7.17. The zero-order valence-corrected chi connectivity index (χ0v) is 12.5. The van der Waals surface area contributed by atoms with Crippen LogP contribution in [0.3, 0.4) is 0 Å². The van der Waals surface area contributed by atoms with Gasteiger partial charge in [0, 0.05) is 6.07 Å². The first-order valence-corrected chi connectivity index (χ1v) is 7.17. The van der Waals surface area contributed by atoms with Crippen LogP contribution in [0.4, 0.5) is 4.79 Å². The Morgan fingerprint density at radius 3 is 2.68 bits per heavy atom. The predicted octanol–water partition coefficient (Wildman–Crippen LogP) is 2.56. The second kappa shape index (κ2) is 8.61. The van der Waals surface area contributed by atoms with E-state index in [2.05, 4.69) is 10.6 Å². The molecule has 2 aromatic rings. The molecule has 2 rings (SSSR count). The van der Waals surface area contributed by atoms with Crippen LogP contribution in [0.5, 0.6) is 11.5 Å². The van der Waals surface area contributed by atoms with Gasteiger partial charge in [-0.3, -0.25) is 0 Å². The first-order chi connectivity index (χ1) is 10.8. The monoisotopic (exact) mass is 304 g/mol. The summed E-state index contributed by atoms with van der Waals surface area (Å²) in [5.41, 5.74) is 0. The third-order valence-corrected chi connectivity index (χ3v) is 2.78. The van der Waals surface area contributed by atoms with Gasteiger partial charge in [0.25, 0.3) is 0 Å².